The van der Waals surface area contributed by atoms with Crippen molar-refractivity contribution in [2.75, 3.05) is 6.54 Å². The molecule has 1 aliphatic rings. The van der Waals surface area contributed by atoms with Crippen LogP contribution in [-0.4, -0.2) is 17.6 Å². The zero-order valence-electron chi connectivity index (χ0n) is 11.3. The Bertz CT molecular complexity index is 500. The van der Waals surface area contributed by atoms with E-state index in [2.05, 4.69) is 46.9 Å². The van der Waals surface area contributed by atoms with Crippen LogP contribution in [0.15, 0.2) is 35.2 Å². The molecule has 0 radical (unpaired) electrons. The highest BCUT2D eigenvalue weighted by atomic mass is 32.1. The summed E-state index contributed by atoms with van der Waals surface area (Å²) < 4.78 is 0. The lowest BCUT2D eigenvalue weighted by atomic mass is 9.93. The van der Waals surface area contributed by atoms with E-state index in [9.17, 15) is 0 Å². The standard InChI is InChI=1S/C16H20N2S/c1-12-2-4-13(5-3-12)14(9-17-15-6-7-15)8-16-10-19-11-18-16/h2-5,10-11,14-15,17H,6-9H2,1H3. The summed E-state index contributed by atoms with van der Waals surface area (Å²) in [5.74, 6) is 0.531. The van der Waals surface area contributed by atoms with Crippen LogP contribution in [0, 0.1) is 6.92 Å². The summed E-state index contributed by atoms with van der Waals surface area (Å²) >= 11 is 1.68. The van der Waals surface area contributed by atoms with Crippen molar-refractivity contribution in [3.63, 3.8) is 0 Å². The van der Waals surface area contributed by atoms with Crippen LogP contribution in [0.2, 0.25) is 0 Å². The summed E-state index contributed by atoms with van der Waals surface area (Å²) in [7, 11) is 0. The van der Waals surface area contributed by atoms with Crippen molar-refractivity contribution in [3.8, 4) is 0 Å². The maximum atomic E-state index is 4.43. The van der Waals surface area contributed by atoms with Gasteiger partial charge in [-0.2, -0.15) is 0 Å². The molecule has 1 saturated carbocycles. The highest BCUT2D eigenvalue weighted by Gasteiger charge is 2.22. The smallest absolute Gasteiger partial charge is 0.0794 e. The predicted molar refractivity (Wildman–Crippen MR) is 80.8 cm³/mol. The normalized spacial score (nSPS) is 16.5. The summed E-state index contributed by atoms with van der Waals surface area (Å²) in [6.45, 7) is 3.20. The van der Waals surface area contributed by atoms with Gasteiger partial charge < -0.3 is 5.32 Å². The fourth-order valence-electron chi connectivity index (χ4n) is 2.33. The Hall–Kier alpha value is -1.19. The van der Waals surface area contributed by atoms with Crippen LogP contribution in [0.1, 0.15) is 35.6 Å². The third-order valence-electron chi connectivity index (χ3n) is 3.72. The number of hydrogen-bond acceptors (Lipinski definition) is 3. The Labute approximate surface area is 118 Å². The summed E-state index contributed by atoms with van der Waals surface area (Å²) in [6, 6.07) is 9.71. The fourth-order valence-corrected chi connectivity index (χ4v) is 2.90. The summed E-state index contributed by atoms with van der Waals surface area (Å²) in [6.07, 6.45) is 3.72. The number of hydrogen-bond donors (Lipinski definition) is 1. The minimum atomic E-state index is 0.531. The van der Waals surface area contributed by atoms with Crippen molar-refractivity contribution >= 4 is 11.3 Å². The monoisotopic (exact) mass is 272 g/mol. The van der Waals surface area contributed by atoms with Gasteiger partial charge in [0.2, 0.25) is 0 Å². The lowest BCUT2D eigenvalue weighted by Crippen LogP contribution is -2.24. The predicted octanol–water partition coefficient (Wildman–Crippen LogP) is 3.53. The second-order valence-electron chi connectivity index (χ2n) is 5.47. The Kier molecular flexibility index (Phi) is 3.95. The number of aromatic nitrogens is 1. The molecule has 0 spiro atoms. The van der Waals surface area contributed by atoms with Crippen molar-refractivity contribution in [2.45, 2.75) is 38.1 Å². The number of aryl methyl sites for hydroxylation is 1. The molecule has 1 aromatic heterocycles. The third kappa shape index (κ3) is 3.64. The molecule has 2 nitrogen and oxygen atoms in total. The van der Waals surface area contributed by atoms with Gasteiger partial charge in [0.1, 0.15) is 0 Å². The first-order valence-corrected chi connectivity index (χ1v) is 7.92. The van der Waals surface area contributed by atoms with Gasteiger partial charge in [-0.05, 0) is 31.7 Å². The Morgan fingerprint density at radius 3 is 2.74 bits per heavy atom. The van der Waals surface area contributed by atoms with Gasteiger partial charge in [0.25, 0.3) is 0 Å². The van der Waals surface area contributed by atoms with Gasteiger partial charge in [-0.15, -0.1) is 11.3 Å². The van der Waals surface area contributed by atoms with E-state index in [4.69, 9.17) is 0 Å². The van der Waals surface area contributed by atoms with Crippen molar-refractivity contribution in [3.05, 3.63) is 52.0 Å². The lowest BCUT2D eigenvalue weighted by Gasteiger charge is -2.17. The quantitative estimate of drug-likeness (QED) is 0.870. The molecule has 100 valence electrons. The molecule has 1 N–H and O–H groups in total. The second-order valence-corrected chi connectivity index (χ2v) is 6.19. The van der Waals surface area contributed by atoms with Crippen LogP contribution in [0.5, 0.6) is 0 Å². The van der Waals surface area contributed by atoms with Crippen molar-refractivity contribution in [1.29, 1.82) is 0 Å². The summed E-state index contributed by atoms with van der Waals surface area (Å²) in [4.78, 5) is 4.43. The highest BCUT2D eigenvalue weighted by Crippen LogP contribution is 2.24. The van der Waals surface area contributed by atoms with Crippen molar-refractivity contribution in [2.24, 2.45) is 0 Å². The fraction of sp³-hybridized carbons (Fsp3) is 0.438. The SMILES string of the molecule is Cc1ccc(C(CNC2CC2)Cc2cscn2)cc1. The van der Waals surface area contributed by atoms with E-state index < -0.39 is 0 Å². The van der Waals surface area contributed by atoms with E-state index in [0.717, 1.165) is 19.0 Å². The molecular formula is C16H20N2S. The van der Waals surface area contributed by atoms with E-state index in [1.807, 2.05) is 5.51 Å². The molecule has 3 heteroatoms. The van der Waals surface area contributed by atoms with Crippen molar-refractivity contribution in [1.82, 2.24) is 10.3 Å². The Balaban J connectivity index is 1.71. The van der Waals surface area contributed by atoms with Gasteiger partial charge in [-0.3, -0.25) is 0 Å². The lowest BCUT2D eigenvalue weighted by molar-refractivity contribution is 0.573. The van der Waals surface area contributed by atoms with E-state index in [0.29, 0.717) is 5.92 Å². The number of rotatable bonds is 6. The number of benzene rings is 1. The molecule has 1 aliphatic carbocycles. The second kappa shape index (κ2) is 5.85. The number of thiazole rings is 1. The largest absolute Gasteiger partial charge is 0.313 e. The zero-order valence-corrected chi connectivity index (χ0v) is 12.1. The van der Waals surface area contributed by atoms with Crippen LogP contribution in [0.3, 0.4) is 0 Å². The van der Waals surface area contributed by atoms with E-state index >= 15 is 0 Å². The molecule has 1 atom stereocenters. The minimum Gasteiger partial charge on any atom is -0.313 e. The van der Waals surface area contributed by atoms with E-state index in [-0.39, 0.29) is 0 Å². The Morgan fingerprint density at radius 2 is 2.11 bits per heavy atom. The molecule has 2 aromatic rings. The molecule has 1 heterocycles. The minimum absolute atomic E-state index is 0.531. The molecule has 0 bridgehead atoms. The van der Waals surface area contributed by atoms with Crippen LogP contribution in [0.4, 0.5) is 0 Å². The van der Waals surface area contributed by atoms with Gasteiger partial charge in [0.15, 0.2) is 0 Å². The Morgan fingerprint density at radius 1 is 1.32 bits per heavy atom. The maximum Gasteiger partial charge on any atom is 0.0794 e. The zero-order chi connectivity index (χ0) is 13.1. The molecule has 1 fully saturated rings. The molecule has 0 aliphatic heterocycles. The number of nitrogens with zero attached hydrogens (tertiary/aromatic N) is 1. The van der Waals surface area contributed by atoms with E-state index in [1.54, 1.807) is 11.3 Å². The molecule has 19 heavy (non-hydrogen) atoms. The van der Waals surface area contributed by atoms with Crippen LogP contribution in [-0.2, 0) is 6.42 Å². The summed E-state index contributed by atoms with van der Waals surface area (Å²) in [5, 5.41) is 5.82. The van der Waals surface area contributed by atoms with Gasteiger partial charge in [-0.25, -0.2) is 4.98 Å². The highest BCUT2D eigenvalue weighted by molar-refractivity contribution is 7.07. The first-order chi connectivity index (χ1) is 9.31. The van der Waals surface area contributed by atoms with Crippen molar-refractivity contribution < 1.29 is 0 Å². The first-order valence-electron chi connectivity index (χ1n) is 6.98. The molecule has 0 saturated heterocycles. The van der Waals surface area contributed by atoms with Crippen LogP contribution < -0.4 is 5.32 Å². The molecule has 3 rings (SSSR count). The molecule has 0 amide bonds. The molecular weight excluding hydrogens is 252 g/mol. The summed E-state index contributed by atoms with van der Waals surface area (Å²) in [5.41, 5.74) is 5.89. The maximum absolute atomic E-state index is 4.43. The van der Waals surface area contributed by atoms with Gasteiger partial charge in [-0.1, -0.05) is 29.8 Å². The average molecular weight is 272 g/mol. The number of nitrogens with one attached hydrogen (secondary N) is 1. The van der Waals surface area contributed by atoms with Crippen LogP contribution >= 0.6 is 11.3 Å². The molecule has 1 aromatic carbocycles. The average Bonchev–Trinajstić information content (AvgIpc) is 3.11. The van der Waals surface area contributed by atoms with Gasteiger partial charge >= 0.3 is 0 Å². The third-order valence-corrected chi connectivity index (χ3v) is 4.35. The molecule has 1 unspecified atom stereocenters. The van der Waals surface area contributed by atoms with E-state index in [1.165, 1.54) is 29.7 Å². The van der Waals surface area contributed by atoms with Crippen LogP contribution in [0.25, 0.3) is 0 Å². The topological polar surface area (TPSA) is 24.9 Å². The first kappa shape index (κ1) is 12.8. The van der Waals surface area contributed by atoms with Gasteiger partial charge in [0.05, 0.1) is 11.2 Å². The van der Waals surface area contributed by atoms with Gasteiger partial charge in [0, 0.05) is 23.9 Å².